The van der Waals surface area contributed by atoms with E-state index in [0.717, 1.165) is 27.9 Å². The van der Waals surface area contributed by atoms with Crippen LogP contribution in [0.5, 0.6) is 0 Å². The summed E-state index contributed by atoms with van der Waals surface area (Å²) < 4.78 is 5.85. The minimum atomic E-state index is -0.479. The Morgan fingerprint density at radius 1 is 1.00 bits per heavy atom. The van der Waals surface area contributed by atoms with E-state index in [0.29, 0.717) is 12.4 Å². The molecule has 1 atom stereocenters. The summed E-state index contributed by atoms with van der Waals surface area (Å²) in [6.07, 6.45) is 0. The van der Waals surface area contributed by atoms with Crippen LogP contribution in [-0.2, 0) is 11.3 Å². The second-order valence-corrected chi connectivity index (χ2v) is 7.16. The quantitative estimate of drug-likeness (QED) is 0.510. The number of hydrogen-bond acceptors (Lipinski definition) is 4. The molecule has 0 aliphatic carbocycles. The van der Waals surface area contributed by atoms with Crippen LogP contribution in [-0.4, -0.2) is 22.8 Å². The first-order chi connectivity index (χ1) is 14.1. The zero-order valence-corrected chi connectivity index (χ0v) is 16.5. The van der Waals surface area contributed by atoms with Crippen molar-refractivity contribution in [3.05, 3.63) is 95.9 Å². The maximum atomic E-state index is 13.2. The van der Waals surface area contributed by atoms with Gasteiger partial charge in [0, 0.05) is 5.69 Å². The van der Waals surface area contributed by atoms with Gasteiger partial charge in [-0.2, -0.15) is 0 Å². The summed E-state index contributed by atoms with van der Waals surface area (Å²) in [5.74, 6) is 0.483. The van der Waals surface area contributed by atoms with E-state index < -0.39 is 6.04 Å². The first kappa shape index (κ1) is 18.9. The van der Waals surface area contributed by atoms with Crippen LogP contribution >= 0.6 is 0 Å². The summed E-state index contributed by atoms with van der Waals surface area (Å²) in [5.41, 5.74) is 4.40. The van der Waals surface area contributed by atoms with Crippen LogP contribution in [0.1, 0.15) is 23.1 Å². The van der Waals surface area contributed by atoms with Crippen molar-refractivity contribution in [3.63, 3.8) is 0 Å². The molecule has 5 heteroatoms. The number of nitrogens with zero attached hydrogens (tertiary/aromatic N) is 2. The number of benzene rings is 3. The Balaban J connectivity index is 1.59. The highest BCUT2D eigenvalue weighted by molar-refractivity contribution is 5.95. The van der Waals surface area contributed by atoms with E-state index in [2.05, 4.69) is 10.3 Å². The number of carbonyl (C=O) groups is 1. The van der Waals surface area contributed by atoms with Crippen molar-refractivity contribution in [2.75, 3.05) is 12.4 Å². The molecule has 1 N–H and O–H groups in total. The zero-order chi connectivity index (χ0) is 20.2. The van der Waals surface area contributed by atoms with Gasteiger partial charge in [-0.05, 0) is 43.8 Å². The van der Waals surface area contributed by atoms with Gasteiger partial charge in [-0.25, -0.2) is 4.98 Å². The third-order valence-corrected chi connectivity index (χ3v) is 4.85. The molecule has 4 aromatic rings. The van der Waals surface area contributed by atoms with Gasteiger partial charge >= 0.3 is 0 Å². The molecule has 0 aliphatic rings. The third kappa shape index (κ3) is 4.36. The Hall–Kier alpha value is -3.44. The fraction of sp³-hybridized carbons (Fsp3) is 0.167. The van der Waals surface area contributed by atoms with Crippen molar-refractivity contribution in [1.82, 2.24) is 9.88 Å². The van der Waals surface area contributed by atoms with Gasteiger partial charge in [0.05, 0.1) is 6.54 Å². The fourth-order valence-electron chi connectivity index (χ4n) is 3.38. The molecule has 146 valence electrons. The van der Waals surface area contributed by atoms with Gasteiger partial charge in [-0.1, -0.05) is 60.2 Å². The number of hydrogen-bond donors (Lipinski definition) is 1. The van der Waals surface area contributed by atoms with Gasteiger partial charge in [-0.3, -0.25) is 9.69 Å². The van der Waals surface area contributed by atoms with E-state index in [1.807, 2.05) is 97.7 Å². The van der Waals surface area contributed by atoms with Crippen molar-refractivity contribution in [1.29, 1.82) is 0 Å². The summed E-state index contributed by atoms with van der Waals surface area (Å²) in [5, 5.41) is 3.03. The lowest BCUT2D eigenvalue weighted by molar-refractivity contribution is -0.121. The normalized spacial score (nSPS) is 12.2. The van der Waals surface area contributed by atoms with Crippen molar-refractivity contribution in [2.45, 2.75) is 19.5 Å². The Bertz CT molecular complexity index is 1070. The molecule has 1 heterocycles. The number of para-hydroxylation sites is 2. The first-order valence-electron chi connectivity index (χ1n) is 9.57. The van der Waals surface area contributed by atoms with Gasteiger partial charge in [-0.15, -0.1) is 0 Å². The molecule has 29 heavy (non-hydrogen) atoms. The summed E-state index contributed by atoms with van der Waals surface area (Å²) in [6.45, 7) is 2.43. The van der Waals surface area contributed by atoms with Gasteiger partial charge < -0.3 is 9.73 Å². The monoisotopic (exact) mass is 385 g/mol. The molecule has 4 rings (SSSR count). The van der Waals surface area contributed by atoms with Crippen molar-refractivity contribution < 1.29 is 9.21 Å². The molecule has 0 saturated carbocycles. The zero-order valence-electron chi connectivity index (χ0n) is 16.5. The number of amides is 1. The first-order valence-corrected chi connectivity index (χ1v) is 9.57. The number of aryl methyl sites for hydroxylation is 1. The summed E-state index contributed by atoms with van der Waals surface area (Å²) in [6, 6.07) is 24.7. The summed E-state index contributed by atoms with van der Waals surface area (Å²) in [4.78, 5) is 19.7. The van der Waals surface area contributed by atoms with Crippen molar-refractivity contribution in [3.8, 4) is 0 Å². The molecule has 0 fully saturated rings. The van der Waals surface area contributed by atoms with Crippen LogP contribution in [0.4, 0.5) is 5.69 Å². The molecule has 3 aromatic carbocycles. The number of anilines is 1. The van der Waals surface area contributed by atoms with Crippen molar-refractivity contribution >= 4 is 22.7 Å². The van der Waals surface area contributed by atoms with Crippen molar-refractivity contribution in [2.24, 2.45) is 0 Å². The molecule has 1 amide bonds. The van der Waals surface area contributed by atoms with Crippen LogP contribution in [0.3, 0.4) is 0 Å². The number of aromatic nitrogens is 1. The molecule has 0 spiro atoms. The number of fused-ring (bicyclic) bond motifs is 1. The average Bonchev–Trinajstić information content (AvgIpc) is 3.13. The maximum absolute atomic E-state index is 13.2. The Kier molecular flexibility index (Phi) is 5.40. The predicted molar refractivity (Wildman–Crippen MR) is 114 cm³/mol. The number of nitrogens with one attached hydrogen (secondary N) is 1. The van der Waals surface area contributed by atoms with Crippen LogP contribution in [0, 0.1) is 6.92 Å². The van der Waals surface area contributed by atoms with Crippen LogP contribution in [0.25, 0.3) is 11.1 Å². The lowest BCUT2D eigenvalue weighted by Gasteiger charge is -2.26. The number of oxazole rings is 1. The molecule has 0 aliphatic heterocycles. The third-order valence-electron chi connectivity index (χ3n) is 4.85. The SMILES string of the molecule is Cc1ccc(NC(=O)C(c2ccccc2)N(C)Cc2nc3ccccc3o2)cc1. The van der Waals surface area contributed by atoms with Crippen LogP contribution in [0.2, 0.25) is 0 Å². The van der Waals surface area contributed by atoms with E-state index in [1.54, 1.807) is 0 Å². The highest BCUT2D eigenvalue weighted by atomic mass is 16.3. The van der Waals surface area contributed by atoms with E-state index in [9.17, 15) is 4.79 Å². The van der Waals surface area contributed by atoms with E-state index in [1.165, 1.54) is 0 Å². The highest BCUT2D eigenvalue weighted by Gasteiger charge is 2.26. The number of rotatable bonds is 6. The largest absolute Gasteiger partial charge is 0.439 e. The smallest absolute Gasteiger partial charge is 0.246 e. The second-order valence-electron chi connectivity index (χ2n) is 7.16. The molecule has 0 radical (unpaired) electrons. The topological polar surface area (TPSA) is 58.4 Å². The molecule has 0 bridgehead atoms. The summed E-state index contributed by atoms with van der Waals surface area (Å²) in [7, 11) is 1.90. The molecule has 5 nitrogen and oxygen atoms in total. The fourth-order valence-corrected chi connectivity index (χ4v) is 3.38. The van der Waals surface area contributed by atoms with E-state index >= 15 is 0 Å². The standard InChI is InChI=1S/C24H23N3O2/c1-17-12-14-19(15-13-17)25-24(28)23(18-8-4-3-5-9-18)27(2)16-22-26-20-10-6-7-11-21(20)29-22/h3-15,23H,16H2,1-2H3,(H,25,28). The van der Waals surface area contributed by atoms with Gasteiger partial charge in [0.1, 0.15) is 11.6 Å². The highest BCUT2D eigenvalue weighted by Crippen LogP contribution is 2.24. The van der Waals surface area contributed by atoms with Gasteiger partial charge in [0.2, 0.25) is 11.8 Å². The average molecular weight is 385 g/mol. The molecular formula is C24H23N3O2. The van der Waals surface area contributed by atoms with Gasteiger partial charge in [0.15, 0.2) is 5.58 Å². The minimum Gasteiger partial charge on any atom is -0.439 e. The van der Waals surface area contributed by atoms with Crippen LogP contribution < -0.4 is 5.32 Å². The van der Waals surface area contributed by atoms with Gasteiger partial charge in [0.25, 0.3) is 0 Å². The molecule has 0 saturated heterocycles. The predicted octanol–water partition coefficient (Wildman–Crippen LogP) is 4.95. The second kappa shape index (κ2) is 8.29. The summed E-state index contributed by atoms with van der Waals surface area (Å²) >= 11 is 0. The molecule has 1 aromatic heterocycles. The van der Waals surface area contributed by atoms with Crippen LogP contribution in [0.15, 0.2) is 83.3 Å². The Morgan fingerprint density at radius 3 is 2.41 bits per heavy atom. The lowest BCUT2D eigenvalue weighted by atomic mass is 10.0. The lowest BCUT2D eigenvalue weighted by Crippen LogP contribution is -2.34. The van der Waals surface area contributed by atoms with E-state index in [-0.39, 0.29) is 5.91 Å². The number of likely N-dealkylation sites (N-methyl/N-ethyl adjacent to an activating group) is 1. The van der Waals surface area contributed by atoms with E-state index in [4.69, 9.17) is 4.42 Å². The molecular weight excluding hydrogens is 362 g/mol. The molecule has 1 unspecified atom stereocenters. The number of carbonyl (C=O) groups excluding carboxylic acids is 1. The minimum absolute atomic E-state index is 0.0985. The Morgan fingerprint density at radius 2 is 1.69 bits per heavy atom. The maximum Gasteiger partial charge on any atom is 0.246 e. The Labute approximate surface area is 170 Å².